The summed E-state index contributed by atoms with van der Waals surface area (Å²) < 4.78 is 36.7. The quantitative estimate of drug-likeness (QED) is 0.817. The van der Waals surface area contributed by atoms with Gasteiger partial charge in [0.25, 0.3) is 0 Å². The van der Waals surface area contributed by atoms with Crippen LogP contribution in [0.3, 0.4) is 0 Å². The molecular weight excluding hydrogens is 237 g/mol. The van der Waals surface area contributed by atoms with E-state index in [1.165, 1.54) is 26.3 Å². The van der Waals surface area contributed by atoms with Crippen molar-refractivity contribution in [1.29, 1.82) is 0 Å². The minimum Gasteiger partial charge on any atom is -0.306 e. The number of halogens is 3. The third kappa shape index (κ3) is 3.63. The van der Waals surface area contributed by atoms with Gasteiger partial charge in [0.2, 0.25) is 0 Å². The second-order valence-corrected chi connectivity index (χ2v) is 3.19. The molecule has 17 heavy (non-hydrogen) atoms. The Morgan fingerprint density at radius 2 is 1.82 bits per heavy atom. The molecule has 0 saturated carbocycles. The fourth-order valence-electron chi connectivity index (χ4n) is 1.03. The van der Waals surface area contributed by atoms with Crippen molar-refractivity contribution in [2.24, 2.45) is 0 Å². The molecule has 0 unspecified atom stereocenters. The van der Waals surface area contributed by atoms with Crippen LogP contribution < -0.4 is 5.32 Å². The van der Waals surface area contributed by atoms with E-state index >= 15 is 0 Å². The number of alkyl halides is 3. The third-order valence-corrected chi connectivity index (χ3v) is 2.02. The van der Waals surface area contributed by atoms with E-state index in [0.717, 1.165) is 17.2 Å². The first-order valence-electron chi connectivity index (χ1n) is 4.60. The highest BCUT2D eigenvalue weighted by Gasteiger charge is 2.29. The molecule has 7 heteroatoms. The summed E-state index contributed by atoms with van der Waals surface area (Å²) in [4.78, 5) is 15.9. The van der Waals surface area contributed by atoms with Gasteiger partial charge in [-0.25, -0.2) is 9.86 Å². The molecule has 1 aromatic carbocycles. The van der Waals surface area contributed by atoms with Crippen molar-refractivity contribution in [2.75, 3.05) is 19.5 Å². The molecule has 0 fully saturated rings. The van der Waals surface area contributed by atoms with Crippen LogP contribution in [-0.4, -0.2) is 25.3 Å². The van der Waals surface area contributed by atoms with Gasteiger partial charge >= 0.3 is 12.2 Å². The van der Waals surface area contributed by atoms with E-state index < -0.39 is 17.8 Å². The number of carbonyl (C=O) groups excluding carboxylic acids is 1. The first-order valence-corrected chi connectivity index (χ1v) is 4.60. The summed E-state index contributed by atoms with van der Waals surface area (Å²) in [6.07, 6.45) is -4.38. The zero-order chi connectivity index (χ0) is 13.1. The van der Waals surface area contributed by atoms with E-state index in [1.807, 2.05) is 0 Å². The Bertz CT molecular complexity index is 390. The van der Waals surface area contributed by atoms with Gasteiger partial charge in [0.05, 0.1) is 12.7 Å². The Labute approximate surface area is 95.9 Å². The highest BCUT2D eigenvalue weighted by atomic mass is 19.4. The van der Waals surface area contributed by atoms with Gasteiger partial charge in [0.1, 0.15) is 0 Å². The standard InChI is InChI=1S/C10H11F3N2O2/c1-15(17-2)9(16)14-8-5-3-7(4-6-8)10(11,12)13/h3-6H,1-2H3,(H,14,16). The molecule has 1 rings (SSSR count). The maximum Gasteiger partial charge on any atom is 0.416 e. The lowest BCUT2D eigenvalue weighted by atomic mass is 10.2. The van der Waals surface area contributed by atoms with Gasteiger partial charge in [-0.05, 0) is 24.3 Å². The van der Waals surface area contributed by atoms with Gasteiger partial charge in [-0.3, -0.25) is 4.84 Å². The Hall–Kier alpha value is -1.76. The van der Waals surface area contributed by atoms with Crippen LogP contribution in [0, 0.1) is 0 Å². The average molecular weight is 248 g/mol. The fraction of sp³-hybridized carbons (Fsp3) is 0.300. The molecule has 0 aliphatic heterocycles. The Morgan fingerprint density at radius 1 is 1.29 bits per heavy atom. The Morgan fingerprint density at radius 3 is 2.24 bits per heavy atom. The second kappa shape index (κ2) is 5.05. The molecule has 0 bridgehead atoms. The van der Waals surface area contributed by atoms with Gasteiger partial charge in [0.15, 0.2) is 0 Å². The topological polar surface area (TPSA) is 41.6 Å². The molecule has 0 aromatic heterocycles. The summed E-state index contributed by atoms with van der Waals surface area (Å²) in [7, 11) is 2.67. The lowest BCUT2D eigenvalue weighted by Crippen LogP contribution is -2.30. The molecule has 0 aliphatic rings. The maximum absolute atomic E-state index is 12.2. The molecule has 0 radical (unpaired) electrons. The number of amides is 2. The highest BCUT2D eigenvalue weighted by molar-refractivity contribution is 5.88. The minimum atomic E-state index is -4.38. The molecular formula is C10H11F3N2O2. The molecule has 0 spiro atoms. The molecule has 0 aliphatic carbocycles. The number of hydroxylamine groups is 2. The van der Waals surface area contributed by atoms with Crippen LogP contribution in [0.25, 0.3) is 0 Å². The van der Waals surface area contributed by atoms with Crippen LogP contribution in [-0.2, 0) is 11.0 Å². The van der Waals surface area contributed by atoms with Gasteiger partial charge in [-0.15, -0.1) is 0 Å². The van der Waals surface area contributed by atoms with Crippen molar-refractivity contribution in [3.8, 4) is 0 Å². The van der Waals surface area contributed by atoms with Crippen LogP contribution in [0.1, 0.15) is 5.56 Å². The number of nitrogens with zero attached hydrogens (tertiary/aromatic N) is 1. The molecule has 94 valence electrons. The largest absolute Gasteiger partial charge is 0.416 e. The fourth-order valence-corrected chi connectivity index (χ4v) is 1.03. The predicted octanol–water partition coefficient (Wildman–Crippen LogP) is 2.73. The van der Waals surface area contributed by atoms with Crippen molar-refractivity contribution in [1.82, 2.24) is 5.06 Å². The summed E-state index contributed by atoms with van der Waals surface area (Å²) in [5, 5.41) is 3.28. The molecule has 0 heterocycles. The number of benzene rings is 1. The molecule has 2 amide bonds. The lowest BCUT2D eigenvalue weighted by Gasteiger charge is -2.15. The lowest BCUT2D eigenvalue weighted by molar-refractivity contribution is -0.137. The van der Waals surface area contributed by atoms with Gasteiger partial charge in [0, 0.05) is 12.7 Å². The molecule has 1 aromatic rings. The monoisotopic (exact) mass is 248 g/mol. The summed E-state index contributed by atoms with van der Waals surface area (Å²) >= 11 is 0. The maximum atomic E-state index is 12.2. The number of carbonyl (C=O) groups is 1. The number of nitrogens with one attached hydrogen (secondary N) is 1. The highest BCUT2D eigenvalue weighted by Crippen LogP contribution is 2.29. The second-order valence-electron chi connectivity index (χ2n) is 3.19. The third-order valence-electron chi connectivity index (χ3n) is 2.02. The van der Waals surface area contributed by atoms with Crippen LogP contribution in [0.5, 0.6) is 0 Å². The summed E-state index contributed by atoms with van der Waals surface area (Å²) in [6.45, 7) is 0. The van der Waals surface area contributed by atoms with Crippen molar-refractivity contribution in [3.05, 3.63) is 29.8 Å². The van der Waals surface area contributed by atoms with Crippen molar-refractivity contribution in [2.45, 2.75) is 6.18 Å². The number of hydrogen-bond acceptors (Lipinski definition) is 2. The predicted molar refractivity (Wildman–Crippen MR) is 55.2 cm³/mol. The normalized spacial score (nSPS) is 11.1. The Kier molecular flexibility index (Phi) is 3.95. The zero-order valence-electron chi connectivity index (χ0n) is 9.21. The average Bonchev–Trinajstić information content (AvgIpc) is 2.27. The van der Waals surface area contributed by atoms with Gasteiger partial charge in [-0.1, -0.05) is 0 Å². The summed E-state index contributed by atoms with van der Waals surface area (Å²) in [5.74, 6) is 0. The smallest absolute Gasteiger partial charge is 0.306 e. The van der Waals surface area contributed by atoms with Crippen molar-refractivity contribution in [3.63, 3.8) is 0 Å². The van der Waals surface area contributed by atoms with Crippen LogP contribution in [0.2, 0.25) is 0 Å². The van der Waals surface area contributed by atoms with Crippen LogP contribution in [0.15, 0.2) is 24.3 Å². The number of hydrogen-bond donors (Lipinski definition) is 1. The molecule has 4 nitrogen and oxygen atoms in total. The number of anilines is 1. The van der Waals surface area contributed by atoms with E-state index in [1.54, 1.807) is 0 Å². The summed E-state index contributed by atoms with van der Waals surface area (Å²) in [5.41, 5.74) is -0.512. The first kappa shape index (κ1) is 13.3. The van der Waals surface area contributed by atoms with Crippen LogP contribution in [0.4, 0.5) is 23.7 Å². The van der Waals surface area contributed by atoms with E-state index in [9.17, 15) is 18.0 Å². The van der Waals surface area contributed by atoms with E-state index in [4.69, 9.17) is 0 Å². The molecule has 0 atom stereocenters. The van der Waals surface area contributed by atoms with Crippen molar-refractivity contribution >= 4 is 11.7 Å². The van der Waals surface area contributed by atoms with Gasteiger partial charge < -0.3 is 5.32 Å². The number of urea groups is 1. The Balaban J connectivity index is 2.73. The molecule has 0 saturated heterocycles. The number of rotatable bonds is 2. The van der Waals surface area contributed by atoms with Crippen molar-refractivity contribution < 1.29 is 22.8 Å². The zero-order valence-corrected chi connectivity index (χ0v) is 9.21. The SMILES string of the molecule is CON(C)C(=O)Nc1ccc(C(F)(F)F)cc1. The molecule has 1 N–H and O–H groups in total. The summed E-state index contributed by atoms with van der Waals surface area (Å²) in [6, 6.07) is 3.55. The van der Waals surface area contributed by atoms with Gasteiger partial charge in [-0.2, -0.15) is 13.2 Å². The minimum absolute atomic E-state index is 0.256. The van der Waals surface area contributed by atoms with E-state index in [-0.39, 0.29) is 5.69 Å². The van der Waals surface area contributed by atoms with E-state index in [2.05, 4.69) is 10.2 Å². The van der Waals surface area contributed by atoms with E-state index in [0.29, 0.717) is 0 Å². The van der Waals surface area contributed by atoms with Crippen LogP contribution >= 0.6 is 0 Å². The first-order chi connectivity index (χ1) is 7.84.